The van der Waals surface area contributed by atoms with Gasteiger partial charge in [-0.05, 0) is 31.2 Å². The van der Waals surface area contributed by atoms with Crippen LogP contribution in [-0.4, -0.2) is 17.0 Å². The number of aliphatic carboxylic acids is 1. The Bertz CT molecular complexity index is 494. The molecular formula is C17H23NO3. The van der Waals surface area contributed by atoms with Crippen LogP contribution in [0.15, 0.2) is 30.3 Å². The minimum atomic E-state index is -1.32. The molecule has 4 heteroatoms. The topological polar surface area (TPSA) is 66.4 Å². The van der Waals surface area contributed by atoms with Gasteiger partial charge in [-0.15, -0.1) is 0 Å². The highest BCUT2D eigenvalue weighted by Crippen LogP contribution is 2.39. The van der Waals surface area contributed by atoms with Crippen molar-refractivity contribution in [2.75, 3.05) is 0 Å². The molecule has 1 aromatic carbocycles. The van der Waals surface area contributed by atoms with Crippen LogP contribution in [0.3, 0.4) is 0 Å². The van der Waals surface area contributed by atoms with Gasteiger partial charge in [0, 0.05) is 6.54 Å². The SMILES string of the molecule is CC(C(=O)O)(C(=O)NCc1ccccc1)C1CCCCC1. The van der Waals surface area contributed by atoms with E-state index in [9.17, 15) is 14.7 Å². The third-order valence-corrected chi connectivity index (χ3v) is 4.63. The number of rotatable bonds is 5. The molecule has 1 aliphatic rings. The quantitative estimate of drug-likeness (QED) is 0.819. The van der Waals surface area contributed by atoms with Gasteiger partial charge in [0.1, 0.15) is 5.41 Å². The van der Waals surface area contributed by atoms with Gasteiger partial charge < -0.3 is 10.4 Å². The zero-order chi connectivity index (χ0) is 15.3. The zero-order valence-electron chi connectivity index (χ0n) is 12.5. The average Bonchev–Trinajstić information content (AvgIpc) is 2.53. The maximum atomic E-state index is 12.5. The molecule has 1 aliphatic carbocycles. The summed E-state index contributed by atoms with van der Waals surface area (Å²) in [6.07, 6.45) is 4.81. The lowest BCUT2D eigenvalue weighted by Crippen LogP contribution is -2.49. The van der Waals surface area contributed by atoms with Crippen LogP contribution in [-0.2, 0) is 16.1 Å². The Morgan fingerprint density at radius 3 is 2.38 bits per heavy atom. The van der Waals surface area contributed by atoms with E-state index in [0.717, 1.165) is 37.7 Å². The van der Waals surface area contributed by atoms with Crippen molar-refractivity contribution in [2.45, 2.75) is 45.6 Å². The first-order valence-electron chi connectivity index (χ1n) is 7.60. The molecule has 1 fully saturated rings. The number of hydrogen-bond acceptors (Lipinski definition) is 2. The number of hydrogen-bond donors (Lipinski definition) is 2. The van der Waals surface area contributed by atoms with Crippen LogP contribution in [0.25, 0.3) is 0 Å². The summed E-state index contributed by atoms with van der Waals surface area (Å²) in [5.74, 6) is -1.45. The number of carbonyl (C=O) groups excluding carboxylic acids is 1. The Hall–Kier alpha value is -1.84. The largest absolute Gasteiger partial charge is 0.480 e. The first-order valence-corrected chi connectivity index (χ1v) is 7.60. The molecule has 1 aromatic rings. The second-order valence-corrected chi connectivity index (χ2v) is 6.01. The third-order valence-electron chi connectivity index (χ3n) is 4.63. The lowest BCUT2D eigenvalue weighted by molar-refractivity contribution is -0.159. The lowest BCUT2D eigenvalue weighted by Gasteiger charge is -2.35. The van der Waals surface area contributed by atoms with E-state index in [1.54, 1.807) is 6.92 Å². The highest BCUT2D eigenvalue weighted by Gasteiger charge is 2.48. The summed E-state index contributed by atoms with van der Waals surface area (Å²) in [4.78, 5) is 24.2. The predicted octanol–water partition coefficient (Wildman–Crippen LogP) is 2.97. The van der Waals surface area contributed by atoms with Crippen LogP contribution < -0.4 is 5.32 Å². The third kappa shape index (κ3) is 3.43. The Labute approximate surface area is 125 Å². The van der Waals surface area contributed by atoms with Crippen molar-refractivity contribution in [3.8, 4) is 0 Å². The molecule has 0 aromatic heterocycles. The minimum Gasteiger partial charge on any atom is -0.480 e. The van der Waals surface area contributed by atoms with E-state index in [2.05, 4.69) is 5.32 Å². The number of carboxylic acid groups (broad SMARTS) is 1. The van der Waals surface area contributed by atoms with Crippen LogP contribution in [0.1, 0.15) is 44.6 Å². The molecule has 4 nitrogen and oxygen atoms in total. The van der Waals surface area contributed by atoms with E-state index < -0.39 is 11.4 Å². The molecule has 0 radical (unpaired) electrons. The van der Waals surface area contributed by atoms with Crippen molar-refractivity contribution < 1.29 is 14.7 Å². The fourth-order valence-electron chi connectivity index (χ4n) is 3.10. The molecule has 0 bridgehead atoms. The summed E-state index contributed by atoms with van der Waals surface area (Å²) in [6.45, 7) is 1.95. The van der Waals surface area contributed by atoms with Crippen molar-refractivity contribution >= 4 is 11.9 Å². The van der Waals surface area contributed by atoms with E-state index in [0.29, 0.717) is 6.54 Å². The predicted molar refractivity (Wildman–Crippen MR) is 80.6 cm³/mol. The monoisotopic (exact) mass is 289 g/mol. The second-order valence-electron chi connectivity index (χ2n) is 6.01. The summed E-state index contributed by atoms with van der Waals surface area (Å²) in [5.41, 5.74) is -0.350. The normalized spacial score (nSPS) is 18.7. The molecule has 1 atom stereocenters. The van der Waals surface area contributed by atoms with Crippen LogP contribution in [0.2, 0.25) is 0 Å². The van der Waals surface area contributed by atoms with Gasteiger partial charge in [0.05, 0.1) is 0 Å². The Balaban J connectivity index is 2.06. The van der Waals surface area contributed by atoms with Crippen LogP contribution in [0, 0.1) is 11.3 Å². The standard InChI is InChI=1S/C17H23NO3/c1-17(16(20)21,14-10-6-3-7-11-14)15(19)18-12-13-8-4-2-5-9-13/h2,4-5,8-9,14H,3,6-7,10-12H2,1H3,(H,18,19)(H,20,21). The van der Waals surface area contributed by atoms with Crippen molar-refractivity contribution in [3.05, 3.63) is 35.9 Å². The zero-order valence-corrected chi connectivity index (χ0v) is 12.5. The highest BCUT2D eigenvalue weighted by atomic mass is 16.4. The molecule has 1 unspecified atom stereocenters. The smallest absolute Gasteiger partial charge is 0.319 e. The number of carbonyl (C=O) groups is 2. The Morgan fingerprint density at radius 1 is 1.19 bits per heavy atom. The fraction of sp³-hybridized carbons (Fsp3) is 0.529. The molecule has 0 heterocycles. The van der Waals surface area contributed by atoms with E-state index in [-0.39, 0.29) is 11.8 Å². The van der Waals surface area contributed by atoms with Crippen molar-refractivity contribution in [3.63, 3.8) is 0 Å². The molecule has 2 N–H and O–H groups in total. The Kier molecular flexibility index (Phi) is 4.99. The molecular weight excluding hydrogens is 266 g/mol. The molecule has 2 rings (SSSR count). The van der Waals surface area contributed by atoms with Gasteiger partial charge in [-0.3, -0.25) is 9.59 Å². The summed E-state index contributed by atoms with van der Waals surface area (Å²) < 4.78 is 0. The second kappa shape index (κ2) is 6.74. The van der Waals surface area contributed by atoms with Gasteiger partial charge in [-0.1, -0.05) is 49.6 Å². The van der Waals surface area contributed by atoms with Gasteiger partial charge in [-0.25, -0.2) is 0 Å². The number of benzene rings is 1. The van der Waals surface area contributed by atoms with Crippen molar-refractivity contribution in [1.29, 1.82) is 0 Å². The fourth-order valence-corrected chi connectivity index (χ4v) is 3.10. The first kappa shape index (κ1) is 15.5. The number of amides is 1. The molecule has 0 aliphatic heterocycles. The van der Waals surface area contributed by atoms with Gasteiger partial charge in [0.2, 0.25) is 5.91 Å². The van der Waals surface area contributed by atoms with E-state index >= 15 is 0 Å². The summed E-state index contributed by atoms with van der Waals surface area (Å²) in [6, 6.07) is 9.55. The Morgan fingerprint density at radius 2 is 1.81 bits per heavy atom. The minimum absolute atomic E-state index is 0.0699. The van der Waals surface area contributed by atoms with E-state index in [1.807, 2.05) is 30.3 Å². The van der Waals surface area contributed by atoms with Crippen molar-refractivity contribution in [2.24, 2.45) is 11.3 Å². The molecule has 0 saturated heterocycles. The highest BCUT2D eigenvalue weighted by molar-refractivity contribution is 6.01. The summed E-state index contributed by atoms with van der Waals surface area (Å²) >= 11 is 0. The number of carboxylic acids is 1. The van der Waals surface area contributed by atoms with E-state index in [1.165, 1.54) is 0 Å². The van der Waals surface area contributed by atoms with Crippen molar-refractivity contribution in [1.82, 2.24) is 5.32 Å². The summed E-state index contributed by atoms with van der Waals surface area (Å²) in [5, 5.41) is 12.4. The molecule has 1 saturated carbocycles. The average molecular weight is 289 g/mol. The lowest BCUT2D eigenvalue weighted by atomic mass is 9.69. The van der Waals surface area contributed by atoms with Gasteiger partial charge in [0.25, 0.3) is 0 Å². The molecule has 1 amide bonds. The first-order chi connectivity index (χ1) is 10.0. The molecule has 21 heavy (non-hydrogen) atoms. The number of nitrogens with one attached hydrogen (secondary N) is 1. The van der Waals surface area contributed by atoms with Crippen LogP contribution in [0.5, 0.6) is 0 Å². The van der Waals surface area contributed by atoms with Crippen LogP contribution >= 0.6 is 0 Å². The van der Waals surface area contributed by atoms with Gasteiger partial charge in [-0.2, -0.15) is 0 Å². The molecule has 114 valence electrons. The molecule has 0 spiro atoms. The maximum absolute atomic E-state index is 12.5. The van der Waals surface area contributed by atoms with Gasteiger partial charge in [0.15, 0.2) is 0 Å². The summed E-state index contributed by atoms with van der Waals surface area (Å²) in [7, 11) is 0. The maximum Gasteiger partial charge on any atom is 0.319 e. The van der Waals surface area contributed by atoms with Crippen LogP contribution in [0.4, 0.5) is 0 Å². The van der Waals surface area contributed by atoms with E-state index in [4.69, 9.17) is 0 Å². The van der Waals surface area contributed by atoms with Gasteiger partial charge >= 0.3 is 5.97 Å².